The van der Waals surface area contributed by atoms with Crippen LogP contribution < -0.4 is 5.32 Å². The van der Waals surface area contributed by atoms with Gasteiger partial charge >= 0.3 is 0 Å². The van der Waals surface area contributed by atoms with E-state index in [-0.39, 0.29) is 0 Å². The number of methoxy groups -OCH3 is 1. The van der Waals surface area contributed by atoms with Gasteiger partial charge in [0, 0.05) is 26.7 Å². The van der Waals surface area contributed by atoms with Crippen LogP contribution in [0.5, 0.6) is 0 Å². The normalized spacial score (nSPS) is 16.7. The number of hydrogen-bond acceptors (Lipinski definition) is 3. The maximum absolute atomic E-state index is 5.23. The molecule has 0 bridgehead atoms. The molecule has 3 heteroatoms. The predicted octanol–water partition coefficient (Wildman–Crippen LogP) is 2.41. The Kier molecular flexibility index (Phi) is 6.34. The molecule has 1 aliphatic rings. The fourth-order valence-electron chi connectivity index (χ4n) is 2.67. The smallest absolute Gasteiger partial charge is 0.0716 e. The van der Waals surface area contributed by atoms with Crippen LogP contribution in [0.15, 0.2) is 24.3 Å². The van der Waals surface area contributed by atoms with E-state index < -0.39 is 0 Å². The molecular formula is C16H26N2O. The SMILES string of the molecule is COCc1ccccc1CNCCN1CCCCC1. The largest absolute Gasteiger partial charge is 0.380 e. The number of nitrogens with one attached hydrogen (secondary N) is 1. The summed E-state index contributed by atoms with van der Waals surface area (Å²) in [6.45, 7) is 6.44. The molecule has 1 aromatic carbocycles. The average Bonchev–Trinajstić information content (AvgIpc) is 2.47. The van der Waals surface area contributed by atoms with E-state index in [0.717, 1.165) is 13.1 Å². The summed E-state index contributed by atoms with van der Waals surface area (Å²) in [5.74, 6) is 0. The van der Waals surface area contributed by atoms with Gasteiger partial charge in [-0.05, 0) is 37.1 Å². The molecule has 0 unspecified atom stereocenters. The molecule has 1 aliphatic heterocycles. The van der Waals surface area contributed by atoms with Gasteiger partial charge < -0.3 is 15.0 Å². The molecule has 19 heavy (non-hydrogen) atoms. The summed E-state index contributed by atoms with van der Waals surface area (Å²) in [6.07, 6.45) is 4.15. The highest BCUT2D eigenvalue weighted by Crippen LogP contribution is 2.10. The topological polar surface area (TPSA) is 24.5 Å². The lowest BCUT2D eigenvalue weighted by molar-refractivity contribution is 0.184. The van der Waals surface area contributed by atoms with Crippen LogP contribution in [0.3, 0.4) is 0 Å². The lowest BCUT2D eigenvalue weighted by Gasteiger charge is -2.26. The zero-order chi connectivity index (χ0) is 13.3. The third-order valence-corrected chi connectivity index (χ3v) is 3.79. The fraction of sp³-hybridized carbons (Fsp3) is 0.625. The van der Waals surface area contributed by atoms with Gasteiger partial charge in [0.2, 0.25) is 0 Å². The van der Waals surface area contributed by atoms with Crippen LogP contribution in [0.25, 0.3) is 0 Å². The van der Waals surface area contributed by atoms with Crippen molar-refractivity contribution in [3.63, 3.8) is 0 Å². The summed E-state index contributed by atoms with van der Waals surface area (Å²) in [5.41, 5.74) is 2.64. The molecular weight excluding hydrogens is 236 g/mol. The molecule has 1 fully saturated rings. The lowest BCUT2D eigenvalue weighted by atomic mass is 10.1. The highest BCUT2D eigenvalue weighted by Gasteiger charge is 2.08. The number of piperidine rings is 1. The number of likely N-dealkylation sites (tertiary alicyclic amines) is 1. The highest BCUT2D eigenvalue weighted by molar-refractivity contribution is 5.26. The molecule has 0 aromatic heterocycles. The first-order valence-electron chi connectivity index (χ1n) is 7.39. The van der Waals surface area contributed by atoms with Crippen LogP contribution in [0.4, 0.5) is 0 Å². The number of nitrogens with zero attached hydrogens (tertiary/aromatic N) is 1. The van der Waals surface area contributed by atoms with E-state index >= 15 is 0 Å². The summed E-state index contributed by atoms with van der Waals surface area (Å²) in [6, 6.07) is 8.50. The summed E-state index contributed by atoms with van der Waals surface area (Å²) in [5, 5.41) is 3.55. The van der Waals surface area contributed by atoms with Gasteiger partial charge in [-0.3, -0.25) is 0 Å². The molecule has 0 amide bonds. The standard InChI is InChI=1S/C16H26N2O/c1-19-14-16-8-4-3-7-15(16)13-17-9-12-18-10-5-2-6-11-18/h3-4,7-8,17H,2,5-6,9-14H2,1H3. The Hall–Kier alpha value is -0.900. The molecule has 0 aliphatic carbocycles. The number of rotatable bonds is 7. The van der Waals surface area contributed by atoms with E-state index in [0.29, 0.717) is 6.61 Å². The summed E-state index contributed by atoms with van der Waals surface area (Å²) < 4.78 is 5.23. The second-order valence-corrected chi connectivity index (χ2v) is 5.28. The van der Waals surface area contributed by atoms with Crippen molar-refractivity contribution in [2.75, 3.05) is 33.3 Å². The molecule has 1 heterocycles. The number of benzene rings is 1. The van der Waals surface area contributed by atoms with Crippen LogP contribution in [-0.4, -0.2) is 38.2 Å². The predicted molar refractivity (Wildman–Crippen MR) is 79.2 cm³/mol. The van der Waals surface area contributed by atoms with Crippen LogP contribution in [0, 0.1) is 0 Å². The van der Waals surface area contributed by atoms with Crippen molar-refractivity contribution in [1.29, 1.82) is 0 Å². The first kappa shape index (κ1) is 14.5. The van der Waals surface area contributed by atoms with Gasteiger partial charge in [-0.1, -0.05) is 30.7 Å². The molecule has 0 spiro atoms. The van der Waals surface area contributed by atoms with Crippen molar-refractivity contribution in [2.24, 2.45) is 0 Å². The van der Waals surface area contributed by atoms with Crippen molar-refractivity contribution in [2.45, 2.75) is 32.4 Å². The third kappa shape index (κ3) is 4.94. The van der Waals surface area contributed by atoms with Crippen LogP contribution >= 0.6 is 0 Å². The minimum absolute atomic E-state index is 0.698. The van der Waals surface area contributed by atoms with Gasteiger partial charge in [0.25, 0.3) is 0 Å². The van der Waals surface area contributed by atoms with Gasteiger partial charge in [-0.25, -0.2) is 0 Å². The average molecular weight is 262 g/mol. The van der Waals surface area contributed by atoms with Gasteiger partial charge in [0.1, 0.15) is 0 Å². The molecule has 1 N–H and O–H groups in total. The monoisotopic (exact) mass is 262 g/mol. The van der Waals surface area contributed by atoms with Gasteiger partial charge in [-0.2, -0.15) is 0 Å². The molecule has 0 saturated carbocycles. The van der Waals surface area contributed by atoms with E-state index in [1.807, 2.05) is 0 Å². The van der Waals surface area contributed by atoms with E-state index in [1.165, 1.54) is 50.0 Å². The highest BCUT2D eigenvalue weighted by atomic mass is 16.5. The Morgan fingerprint density at radius 3 is 2.58 bits per heavy atom. The Morgan fingerprint density at radius 2 is 1.84 bits per heavy atom. The van der Waals surface area contributed by atoms with Crippen molar-refractivity contribution in [3.05, 3.63) is 35.4 Å². The van der Waals surface area contributed by atoms with Crippen LogP contribution in [0.1, 0.15) is 30.4 Å². The second kappa shape index (κ2) is 8.31. The molecule has 106 valence electrons. The van der Waals surface area contributed by atoms with Crippen LogP contribution in [-0.2, 0) is 17.9 Å². The maximum Gasteiger partial charge on any atom is 0.0716 e. The fourth-order valence-corrected chi connectivity index (χ4v) is 2.67. The zero-order valence-electron chi connectivity index (χ0n) is 12.0. The van der Waals surface area contributed by atoms with Crippen molar-refractivity contribution in [1.82, 2.24) is 10.2 Å². The Balaban J connectivity index is 1.70. The van der Waals surface area contributed by atoms with Gasteiger partial charge in [0.05, 0.1) is 6.61 Å². The van der Waals surface area contributed by atoms with E-state index in [1.54, 1.807) is 7.11 Å². The third-order valence-electron chi connectivity index (χ3n) is 3.79. The first-order valence-corrected chi connectivity index (χ1v) is 7.39. The molecule has 1 saturated heterocycles. The quantitative estimate of drug-likeness (QED) is 0.764. The number of hydrogen-bond donors (Lipinski definition) is 1. The summed E-state index contributed by atoms with van der Waals surface area (Å²) in [7, 11) is 1.75. The lowest BCUT2D eigenvalue weighted by Crippen LogP contribution is -2.35. The number of ether oxygens (including phenoxy) is 1. The molecule has 1 aromatic rings. The second-order valence-electron chi connectivity index (χ2n) is 5.28. The first-order chi connectivity index (χ1) is 9.40. The minimum atomic E-state index is 0.698. The molecule has 0 radical (unpaired) electrons. The summed E-state index contributed by atoms with van der Waals surface area (Å²) >= 11 is 0. The molecule has 2 rings (SSSR count). The van der Waals surface area contributed by atoms with E-state index in [2.05, 4.69) is 34.5 Å². The van der Waals surface area contributed by atoms with Gasteiger partial charge in [-0.15, -0.1) is 0 Å². The van der Waals surface area contributed by atoms with Gasteiger partial charge in [0.15, 0.2) is 0 Å². The van der Waals surface area contributed by atoms with Crippen LogP contribution in [0.2, 0.25) is 0 Å². The van der Waals surface area contributed by atoms with E-state index in [9.17, 15) is 0 Å². The van der Waals surface area contributed by atoms with Crippen molar-refractivity contribution >= 4 is 0 Å². The minimum Gasteiger partial charge on any atom is -0.380 e. The Morgan fingerprint density at radius 1 is 1.11 bits per heavy atom. The Labute approximate surface area is 116 Å². The van der Waals surface area contributed by atoms with E-state index in [4.69, 9.17) is 4.74 Å². The Bertz CT molecular complexity index is 362. The maximum atomic E-state index is 5.23. The summed E-state index contributed by atoms with van der Waals surface area (Å²) in [4.78, 5) is 2.57. The van der Waals surface area contributed by atoms with Crippen molar-refractivity contribution < 1.29 is 4.74 Å². The molecule has 3 nitrogen and oxygen atoms in total. The molecule has 0 atom stereocenters. The van der Waals surface area contributed by atoms with Crippen molar-refractivity contribution in [3.8, 4) is 0 Å². The zero-order valence-corrected chi connectivity index (χ0v) is 12.0.